The highest BCUT2D eigenvalue weighted by atomic mass is 79.9. The van der Waals surface area contributed by atoms with Crippen LogP contribution in [0.15, 0.2) is 45.5 Å². The second-order valence-corrected chi connectivity index (χ2v) is 6.00. The van der Waals surface area contributed by atoms with Gasteiger partial charge in [-0.25, -0.2) is 0 Å². The highest BCUT2D eigenvalue weighted by Crippen LogP contribution is 2.22. The van der Waals surface area contributed by atoms with E-state index in [4.69, 9.17) is 4.74 Å². The molecule has 5 heteroatoms. The van der Waals surface area contributed by atoms with E-state index in [9.17, 15) is 0 Å². The Kier molecular flexibility index (Phi) is 6.01. The van der Waals surface area contributed by atoms with Crippen molar-refractivity contribution >= 4 is 37.5 Å². The van der Waals surface area contributed by atoms with E-state index in [1.807, 2.05) is 25.1 Å². The van der Waals surface area contributed by atoms with Gasteiger partial charge in [0.25, 0.3) is 0 Å². The minimum Gasteiger partial charge on any atom is -0.379 e. The zero-order valence-corrected chi connectivity index (χ0v) is 14.4. The minimum absolute atomic E-state index is 0.620. The first-order valence-corrected chi connectivity index (χ1v) is 7.98. The number of aromatic nitrogens is 1. The molecule has 0 saturated heterocycles. The van der Waals surface area contributed by atoms with Crippen LogP contribution in [-0.2, 0) is 17.9 Å². The molecule has 0 amide bonds. The summed E-state index contributed by atoms with van der Waals surface area (Å²) in [4.78, 5) is 4.40. The van der Waals surface area contributed by atoms with Gasteiger partial charge in [0.2, 0.25) is 0 Å². The molecule has 1 aromatic heterocycles. The summed E-state index contributed by atoms with van der Waals surface area (Å²) in [6.07, 6.45) is 1.80. The van der Waals surface area contributed by atoms with E-state index >= 15 is 0 Å². The van der Waals surface area contributed by atoms with Crippen LogP contribution in [0.2, 0.25) is 0 Å². The Bertz CT molecular complexity index is 576. The van der Waals surface area contributed by atoms with Crippen LogP contribution in [0.4, 0.5) is 5.69 Å². The van der Waals surface area contributed by atoms with Gasteiger partial charge in [0, 0.05) is 33.0 Å². The number of benzene rings is 1. The number of rotatable bonds is 6. The zero-order valence-electron chi connectivity index (χ0n) is 11.2. The third-order valence-electron chi connectivity index (χ3n) is 2.81. The van der Waals surface area contributed by atoms with E-state index in [0.29, 0.717) is 19.8 Å². The maximum Gasteiger partial charge on any atom is 0.0737 e. The SMILES string of the molecule is CCOCc1ccccc1NCc1ncc(Br)cc1Br. The monoisotopic (exact) mass is 398 g/mol. The van der Waals surface area contributed by atoms with Crippen molar-refractivity contribution in [3.63, 3.8) is 0 Å². The quantitative estimate of drug-likeness (QED) is 0.760. The van der Waals surface area contributed by atoms with Crippen molar-refractivity contribution in [3.05, 3.63) is 56.7 Å². The predicted molar refractivity (Wildman–Crippen MR) is 88.7 cm³/mol. The first kappa shape index (κ1) is 15.5. The molecular weight excluding hydrogens is 384 g/mol. The predicted octanol–water partition coefficient (Wildman–Crippen LogP) is 4.76. The molecule has 0 saturated carbocycles. The molecule has 106 valence electrons. The van der Waals surface area contributed by atoms with Gasteiger partial charge in [0.15, 0.2) is 0 Å². The largest absolute Gasteiger partial charge is 0.379 e. The van der Waals surface area contributed by atoms with Crippen LogP contribution >= 0.6 is 31.9 Å². The lowest BCUT2D eigenvalue weighted by Gasteiger charge is -2.12. The summed E-state index contributed by atoms with van der Waals surface area (Å²) in [5.41, 5.74) is 3.21. The van der Waals surface area contributed by atoms with Crippen molar-refractivity contribution < 1.29 is 4.74 Å². The van der Waals surface area contributed by atoms with Crippen molar-refractivity contribution in [1.82, 2.24) is 4.98 Å². The summed E-state index contributed by atoms with van der Waals surface area (Å²) in [7, 11) is 0. The summed E-state index contributed by atoms with van der Waals surface area (Å²) in [6, 6.07) is 10.2. The van der Waals surface area contributed by atoms with Crippen molar-refractivity contribution in [2.24, 2.45) is 0 Å². The lowest BCUT2D eigenvalue weighted by Crippen LogP contribution is -2.05. The van der Waals surface area contributed by atoms with Crippen LogP contribution < -0.4 is 5.32 Å². The third kappa shape index (κ3) is 4.30. The van der Waals surface area contributed by atoms with Gasteiger partial charge in [-0.1, -0.05) is 18.2 Å². The second-order valence-electron chi connectivity index (χ2n) is 4.23. The molecule has 0 unspecified atom stereocenters. The summed E-state index contributed by atoms with van der Waals surface area (Å²) in [6.45, 7) is 4.00. The number of nitrogens with zero attached hydrogens (tertiary/aromatic N) is 1. The number of ether oxygens (including phenoxy) is 1. The van der Waals surface area contributed by atoms with Gasteiger partial charge in [-0.3, -0.25) is 4.98 Å². The van der Waals surface area contributed by atoms with Crippen molar-refractivity contribution in [3.8, 4) is 0 Å². The first-order valence-electron chi connectivity index (χ1n) is 6.40. The molecule has 3 nitrogen and oxygen atoms in total. The Morgan fingerprint density at radius 2 is 2.05 bits per heavy atom. The molecular formula is C15H16Br2N2O. The van der Waals surface area contributed by atoms with Crippen molar-refractivity contribution in [2.75, 3.05) is 11.9 Å². The molecule has 0 bridgehead atoms. The van der Waals surface area contributed by atoms with E-state index < -0.39 is 0 Å². The normalized spacial score (nSPS) is 10.6. The number of nitrogens with one attached hydrogen (secondary N) is 1. The molecule has 0 aliphatic heterocycles. The number of halogens is 2. The van der Waals surface area contributed by atoms with Gasteiger partial charge in [-0.2, -0.15) is 0 Å². The van der Waals surface area contributed by atoms with Crippen LogP contribution in [0.1, 0.15) is 18.2 Å². The van der Waals surface area contributed by atoms with Gasteiger partial charge < -0.3 is 10.1 Å². The van der Waals surface area contributed by atoms with Crippen molar-refractivity contribution in [2.45, 2.75) is 20.1 Å². The fourth-order valence-corrected chi connectivity index (χ4v) is 2.91. The van der Waals surface area contributed by atoms with E-state index in [2.05, 4.69) is 54.3 Å². The standard InChI is InChI=1S/C15H16Br2N2O/c1-2-20-10-11-5-3-4-6-14(11)19-9-15-13(17)7-12(16)8-18-15/h3-8,19H,2,9-10H2,1H3. The highest BCUT2D eigenvalue weighted by Gasteiger charge is 2.05. The van der Waals surface area contributed by atoms with E-state index in [0.717, 1.165) is 25.9 Å². The van der Waals surface area contributed by atoms with E-state index in [1.54, 1.807) is 6.20 Å². The summed E-state index contributed by atoms with van der Waals surface area (Å²) in [5.74, 6) is 0. The smallest absolute Gasteiger partial charge is 0.0737 e. The maximum atomic E-state index is 5.48. The molecule has 2 rings (SSSR count). The number of para-hydroxylation sites is 1. The highest BCUT2D eigenvalue weighted by molar-refractivity contribution is 9.11. The molecule has 2 aromatic rings. The summed E-state index contributed by atoms with van der Waals surface area (Å²) in [5, 5.41) is 3.41. The Morgan fingerprint density at radius 3 is 2.80 bits per heavy atom. The molecule has 0 radical (unpaired) electrons. The van der Waals surface area contributed by atoms with Crippen LogP contribution in [-0.4, -0.2) is 11.6 Å². The van der Waals surface area contributed by atoms with Gasteiger partial charge >= 0.3 is 0 Å². The topological polar surface area (TPSA) is 34.1 Å². The number of hydrogen-bond acceptors (Lipinski definition) is 3. The molecule has 1 aromatic carbocycles. The lowest BCUT2D eigenvalue weighted by atomic mass is 10.2. The van der Waals surface area contributed by atoms with Crippen molar-refractivity contribution in [1.29, 1.82) is 0 Å². The fraction of sp³-hybridized carbons (Fsp3) is 0.267. The number of anilines is 1. The summed E-state index contributed by atoms with van der Waals surface area (Å²) >= 11 is 6.93. The van der Waals surface area contributed by atoms with Crippen LogP contribution in [0.3, 0.4) is 0 Å². The Balaban J connectivity index is 2.06. The van der Waals surface area contributed by atoms with Gasteiger partial charge in [-0.15, -0.1) is 0 Å². The molecule has 1 N–H and O–H groups in total. The second kappa shape index (κ2) is 7.76. The number of pyridine rings is 1. The van der Waals surface area contributed by atoms with Crippen LogP contribution in [0, 0.1) is 0 Å². The molecule has 0 spiro atoms. The van der Waals surface area contributed by atoms with Gasteiger partial charge in [0.1, 0.15) is 0 Å². The fourth-order valence-electron chi connectivity index (χ4n) is 1.78. The van der Waals surface area contributed by atoms with E-state index in [1.165, 1.54) is 0 Å². The van der Waals surface area contributed by atoms with Crippen LogP contribution in [0.25, 0.3) is 0 Å². The zero-order chi connectivity index (χ0) is 14.4. The molecule has 0 aliphatic carbocycles. The Labute approximate surface area is 136 Å². The Morgan fingerprint density at radius 1 is 1.25 bits per heavy atom. The molecule has 0 fully saturated rings. The maximum absolute atomic E-state index is 5.48. The average Bonchev–Trinajstić information content (AvgIpc) is 2.45. The average molecular weight is 400 g/mol. The summed E-state index contributed by atoms with van der Waals surface area (Å²) < 4.78 is 7.43. The van der Waals surface area contributed by atoms with Crippen LogP contribution in [0.5, 0.6) is 0 Å². The third-order valence-corrected chi connectivity index (χ3v) is 3.93. The minimum atomic E-state index is 0.620. The van der Waals surface area contributed by atoms with Gasteiger partial charge in [-0.05, 0) is 50.9 Å². The first-order chi connectivity index (χ1) is 9.70. The van der Waals surface area contributed by atoms with Gasteiger partial charge in [0.05, 0.1) is 18.8 Å². The molecule has 0 aliphatic rings. The lowest BCUT2D eigenvalue weighted by molar-refractivity contribution is 0.134. The molecule has 0 atom stereocenters. The molecule has 1 heterocycles. The van der Waals surface area contributed by atoms with E-state index in [-0.39, 0.29) is 0 Å². The Hall–Kier alpha value is -0.910. The number of hydrogen-bond donors (Lipinski definition) is 1. The molecule has 20 heavy (non-hydrogen) atoms.